The Morgan fingerprint density at radius 3 is 2.95 bits per heavy atom. The first-order valence-corrected chi connectivity index (χ1v) is 7.38. The van der Waals surface area contributed by atoms with E-state index in [9.17, 15) is 4.39 Å². The Hall–Kier alpha value is -1.37. The van der Waals surface area contributed by atoms with E-state index in [4.69, 9.17) is 0 Å². The third-order valence-corrected chi connectivity index (χ3v) is 4.26. The summed E-state index contributed by atoms with van der Waals surface area (Å²) in [5.41, 5.74) is 0. The molecule has 0 aliphatic carbocycles. The fourth-order valence-electron chi connectivity index (χ4n) is 2.14. The fraction of sp³-hybridized carbons (Fsp3) is 0.375. The third-order valence-electron chi connectivity index (χ3n) is 3.03. The molecule has 0 aliphatic heterocycles. The lowest BCUT2D eigenvalue weighted by Gasteiger charge is -2.14. The average Bonchev–Trinajstić information content (AvgIpc) is 2.80. The van der Waals surface area contributed by atoms with E-state index in [-0.39, 0.29) is 5.82 Å². The molecule has 1 aromatic carbocycles. The van der Waals surface area contributed by atoms with E-state index in [1.807, 2.05) is 13.0 Å². The maximum atomic E-state index is 13.2. The summed E-state index contributed by atoms with van der Waals surface area (Å²) in [7, 11) is 0. The molecule has 3 heteroatoms. The summed E-state index contributed by atoms with van der Waals surface area (Å²) in [5.74, 6) is 5.86. The predicted molar refractivity (Wildman–Crippen MR) is 80.9 cm³/mol. The summed E-state index contributed by atoms with van der Waals surface area (Å²) in [6.45, 7) is 4.89. The highest BCUT2D eigenvalue weighted by Crippen LogP contribution is 2.32. The Morgan fingerprint density at radius 1 is 1.37 bits per heavy atom. The zero-order valence-corrected chi connectivity index (χ0v) is 12.1. The Balaban J connectivity index is 2.24. The van der Waals surface area contributed by atoms with Gasteiger partial charge >= 0.3 is 0 Å². The molecule has 0 radical (unpaired) electrons. The maximum absolute atomic E-state index is 13.2. The Bertz CT molecular complexity index is 606. The standard InChI is InChI=1S/C16H18FNS/c1-3-5-6-7-14(18-4-2)16-11-12-10-13(17)8-9-15(12)19-16/h8-11,14,18H,4,6-7H2,1-2H3. The minimum absolute atomic E-state index is 0.172. The van der Waals surface area contributed by atoms with E-state index in [0.29, 0.717) is 6.04 Å². The van der Waals surface area contributed by atoms with Crippen molar-refractivity contribution in [3.63, 3.8) is 0 Å². The molecule has 100 valence electrons. The summed E-state index contributed by atoms with van der Waals surface area (Å²) in [4.78, 5) is 1.26. The van der Waals surface area contributed by atoms with Crippen molar-refractivity contribution in [3.8, 4) is 11.8 Å². The van der Waals surface area contributed by atoms with Gasteiger partial charge in [0.15, 0.2) is 0 Å². The second-order valence-corrected chi connectivity index (χ2v) is 5.52. The highest BCUT2D eigenvalue weighted by Gasteiger charge is 2.13. The predicted octanol–water partition coefficient (Wildman–Crippen LogP) is 4.49. The molecule has 1 heterocycles. The average molecular weight is 275 g/mol. The van der Waals surface area contributed by atoms with Crippen molar-refractivity contribution < 1.29 is 4.39 Å². The van der Waals surface area contributed by atoms with Crippen LogP contribution in [-0.2, 0) is 0 Å². The molecule has 2 aromatic rings. The van der Waals surface area contributed by atoms with E-state index < -0.39 is 0 Å². The van der Waals surface area contributed by atoms with Gasteiger partial charge in [0.25, 0.3) is 0 Å². The van der Waals surface area contributed by atoms with Crippen LogP contribution in [0.25, 0.3) is 10.1 Å². The topological polar surface area (TPSA) is 12.0 Å². The van der Waals surface area contributed by atoms with Crippen LogP contribution in [0, 0.1) is 17.7 Å². The lowest BCUT2D eigenvalue weighted by molar-refractivity contribution is 0.530. The summed E-state index contributed by atoms with van der Waals surface area (Å²) < 4.78 is 14.4. The Labute approximate surface area is 117 Å². The van der Waals surface area contributed by atoms with Crippen molar-refractivity contribution in [1.82, 2.24) is 5.32 Å². The van der Waals surface area contributed by atoms with Crippen LogP contribution >= 0.6 is 11.3 Å². The molecule has 0 bridgehead atoms. The van der Waals surface area contributed by atoms with Gasteiger partial charge in [-0.2, -0.15) is 0 Å². The van der Waals surface area contributed by atoms with Crippen molar-refractivity contribution in [2.24, 2.45) is 0 Å². The molecule has 1 aromatic heterocycles. The number of hydrogen-bond acceptors (Lipinski definition) is 2. The van der Waals surface area contributed by atoms with Gasteiger partial charge in [0.1, 0.15) is 5.82 Å². The van der Waals surface area contributed by atoms with Crippen LogP contribution in [-0.4, -0.2) is 6.54 Å². The lowest BCUT2D eigenvalue weighted by Crippen LogP contribution is -2.19. The number of rotatable bonds is 5. The first-order chi connectivity index (χ1) is 9.24. The molecular formula is C16H18FNS. The SMILES string of the molecule is CC#CCCC(NCC)c1cc2cc(F)ccc2s1. The lowest BCUT2D eigenvalue weighted by atomic mass is 10.1. The van der Waals surface area contributed by atoms with Crippen LogP contribution < -0.4 is 5.32 Å². The van der Waals surface area contributed by atoms with Gasteiger partial charge in [-0.25, -0.2) is 4.39 Å². The number of hydrogen-bond donors (Lipinski definition) is 1. The molecule has 2 rings (SSSR count). The number of benzene rings is 1. The summed E-state index contributed by atoms with van der Waals surface area (Å²) in [5, 5.41) is 4.47. The largest absolute Gasteiger partial charge is 0.309 e. The van der Waals surface area contributed by atoms with Gasteiger partial charge in [0.05, 0.1) is 0 Å². The molecule has 19 heavy (non-hydrogen) atoms. The van der Waals surface area contributed by atoms with E-state index in [2.05, 4.69) is 30.1 Å². The van der Waals surface area contributed by atoms with E-state index >= 15 is 0 Å². The van der Waals surface area contributed by atoms with Crippen LogP contribution in [0.3, 0.4) is 0 Å². The normalized spacial score (nSPS) is 12.2. The van der Waals surface area contributed by atoms with Crippen LogP contribution in [0.2, 0.25) is 0 Å². The van der Waals surface area contributed by atoms with Crippen molar-refractivity contribution >= 4 is 21.4 Å². The minimum atomic E-state index is -0.172. The Morgan fingerprint density at radius 2 is 2.21 bits per heavy atom. The highest BCUT2D eigenvalue weighted by molar-refractivity contribution is 7.19. The quantitative estimate of drug-likeness (QED) is 0.792. The second-order valence-electron chi connectivity index (χ2n) is 4.41. The third kappa shape index (κ3) is 3.56. The Kier molecular flexibility index (Phi) is 4.95. The van der Waals surface area contributed by atoms with Gasteiger partial charge in [-0.3, -0.25) is 0 Å². The van der Waals surface area contributed by atoms with Gasteiger partial charge in [-0.15, -0.1) is 23.2 Å². The summed E-state index contributed by atoms with van der Waals surface area (Å²) >= 11 is 1.73. The number of fused-ring (bicyclic) bond motifs is 1. The van der Waals surface area contributed by atoms with Crippen molar-refractivity contribution in [3.05, 3.63) is 35.0 Å². The monoisotopic (exact) mass is 275 g/mol. The molecular weight excluding hydrogens is 257 g/mol. The molecule has 0 amide bonds. The minimum Gasteiger partial charge on any atom is -0.309 e. The van der Waals surface area contributed by atoms with Crippen molar-refractivity contribution in [2.75, 3.05) is 6.54 Å². The number of nitrogens with one attached hydrogen (secondary N) is 1. The van der Waals surface area contributed by atoms with Gasteiger partial charge in [-0.1, -0.05) is 6.92 Å². The molecule has 1 nitrogen and oxygen atoms in total. The molecule has 1 atom stereocenters. The molecule has 1 unspecified atom stereocenters. The van der Waals surface area contributed by atoms with Crippen LogP contribution in [0.1, 0.15) is 37.6 Å². The first-order valence-electron chi connectivity index (χ1n) is 6.56. The van der Waals surface area contributed by atoms with Crippen LogP contribution in [0.4, 0.5) is 4.39 Å². The molecule has 0 fully saturated rings. The molecule has 0 saturated heterocycles. The van der Waals surface area contributed by atoms with E-state index in [1.165, 1.54) is 10.9 Å². The molecule has 0 spiro atoms. The zero-order chi connectivity index (χ0) is 13.7. The summed E-state index contributed by atoms with van der Waals surface area (Å²) in [6, 6.07) is 7.38. The van der Waals surface area contributed by atoms with E-state index in [1.54, 1.807) is 17.4 Å². The number of thiophene rings is 1. The summed E-state index contributed by atoms with van der Waals surface area (Å²) in [6.07, 6.45) is 1.88. The van der Waals surface area contributed by atoms with Gasteiger partial charge in [0.2, 0.25) is 0 Å². The molecule has 1 N–H and O–H groups in total. The van der Waals surface area contributed by atoms with E-state index in [0.717, 1.165) is 29.5 Å². The zero-order valence-electron chi connectivity index (χ0n) is 11.3. The van der Waals surface area contributed by atoms with Crippen LogP contribution in [0.5, 0.6) is 0 Å². The molecule has 0 saturated carbocycles. The fourth-order valence-corrected chi connectivity index (χ4v) is 3.29. The van der Waals surface area contributed by atoms with Gasteiger partial charge < -0.3 is 5.32 Å². The first kappa shape index (κ1) is 14.0. The van der Waals surface area contributed by atoms with Gasteiger partial charge in [0, 0.05) is 22.0 Å². The van der Waals surface area contributed by atoms with Crippen molar-refractivity contribution in [1.29, 1.82) is 0 Å². The van der Waals surface area contributed by atoms with Crippen LogP contribution in [0.15, 0.2) is 24.3 Å². The smallest absolute Gasteiger partial charge is 0.123 e. The van der Waals surface area contributed by atoms with Gasteiger partial charge in [-0.05, 0) is 49.5 Å². The highest BCUT2D eigenvalue weighted by atomic mass is 32.1. The van der Waals surface area contributed by atoms with Crippen molar-refractivity contribution in [2.45, 2.75) is 32.7 Å². The molecule has 0 aliphatic rings. The second kappa shape index (κ2) is 6.70. The maximum Gasteiger partial charge on any atom is 0.123 e. The number of halogens is 1.